The Labute approximate surface area is 181 Å². The highest BCUT2D eigenvalue weighted by Gasteiger charge is 2.30. The topological polar surface area (TPSA) is 67.4 Å². The first-order valence-corrected chi connectivity index (χ1v) is 11.3. The summed E-state index contributed by atoms with van der Waals surface area (Å²) in [6.07, 6.45) is 4.53. The molecule has 0 radical (unpaired) electrons. The molecule has 1 N–H and O–H groups in total. The molecule has 4 rings (SSSR count). The average molecular weight is 425 g/mol. The van der Waals surface area contributed by atoms with Crippen LogP contribution in [0.4, 0.5) is 0 Å². The number of nitrogens with zero attached hydrogens (tertiary/aromatic N) is 3. The highest BCUT2D eigenvalue weighted by Crippen LogP contribution is 2.38. The maximum Gasteiger partial charge on any atom is 0.261 e. The summed E-state index contributed by atoms with van der Waals surface area (Å²) in [5.74, 6) is 0.842. The number of aromatic nitrogens is 2. The van der Waals surface area contributed by atoms with Gasteiger partial charge in [0.25, 0.3) is 5.91 Å². The van der Waals surface area contributed by atoms with Crippen molar-refractivity contribution < 1.29 is 9.53 Å². The fourth-order valence-electron chi connectivity index (χ4n) is 3.81. The van der Waals surface area contributed by atoms with E-state index in [4.69, 9.17) is 4.74 Å². The number of nitrogens with one attached hydrogen (secondary N) is 1. The Morgan fingerprint density at radius 1 is 1.30 bits per heavy atom. The molecule has 0 bridgehead atoms. The van der Waals surface area contributed by atoms with Crippen LogP contribution in [0, 0.1) is 0 Å². The van der Waals surface area contributed by atoms with Gasteiger partial charge in [0.15, 0.2) is 0 Å². The molecule has 3 heterocycles. The van der Waals surface area contributed by atoms with Crippen molar-refractivity contribution in [1.29, 1.82) is 0 Å². The average Bonchev–Trinajstić information content (AvgIpc) is 3.14. The van der Waals surface area contributed by atoms with E-state index >= 15 is 0 Å². The van der Waals surface area contributed by atoms with Crippen LogP contribution in [0.3, 0.4) is 0 Å². The Hall–Kier alpha value is -2.35. The van der Waals surface area contributed by atoms with Crippen molar-refractivity contribution in [3.63, 3.8) is 0 Å². The van der Waals surface area contributed by atoms with Crippen molar-refractivity contribution in [2.24, 2.45) is 0 Å². The van der Waals surface area contributed by atoms with Gasteiger partial charge in [-0.25, -0.2) is 9.97 Å². The predicted octanol–water partition coefficient (Wildman–Crippen LogP) is 3.97. The van der Waals surface area contributed by atoms with Gasteiger partial charge in [-0.05, 0) is 25.3 Å². The lowest BCUT2D eigenvalue weighted by atomic mass is 10.0. The van der Waals surface area contributed by atoms with Crippen LogP contribution in [0.1, 0.15) is 53.5 Å². The summed E-state index contributed by atoms with van der Waals surface area (Å²) in [6, 6.07) is 8.29. The smallest absolute Gasteiger partial charge is 0.261 e. The van der Waals surface area contributed by atoms with Gasteiger partial charge in [0.1, 0.15) is 5.82 Å². The molecule has 1 amide bonds. The molecule has 158 valence electrons. The Kier molecular flexibility index (Phi) is 6.41. The van der Waals surface area contributed by atoms with Crippen molar-refractivity contribution >= 4 is 27.3 Å². The number of ether oxygens (including phenoxy) is 1. The minimum Gasteiger partial charge on any atom is -0.371 e. The first kappa shape index (κ1) is 20.9. The Balaban J connectivity index is 1.59. The molecule has 0 aliphatic carbocycles. The molecule has 1 aromatic carbocycles. The number of morpholine rings is 1. The number of hydrogen-bond donors (Lipinski definition) is 1. The monoisotopic (exact) mass is 424 g/mol. The van der Waals surface area contributed by atoms with E-state index in [-0.39, 0.29) is 18.1 Å². The number of amides is 1. The lowest BCUT2D eigenvalue weighted by Gasteiger charge is -2.33. The highest BCUT2D eigenvalue weighted by molar-refractivity contribution is 7.21. The second-order valence-electron chi connectivity index (χ2n) is 7.92. The third-order valence-electron chi connectivity index (χ3n) is 5.21. The third kappa shape index (κ3) is 4.53. The molecule has 0 spiro atoms. The largest absolute Gasteiger partial charge is 0.371 e. The zero-order valence-electron chi connectivity index (χ0n) is 17.7. The standard InChI is InChI=1S/C23H28N4O2S/c1-4-20-24-11-16(12-25-20)13-27-9-10-29-18(14-27)21-17-7-5-6-8-19(17)30-22(21)23(28)26-15(2)3/h5-8,11-12,15,18H,4,9-10,13-14H2,1-3H3,(H,26,28). The third-order valence-corrected chi connectivity index (χ3v) is 6.40. The normalized spacial score (nSPS) is 17.5. The predicted molar refractivity (Wildman–Crippen MR) is 120 cm³/mol. The zero-order valence-corrected chi connectivity index (χ0v) is 18.5. The number of benzene rings is 1. The summed E-state index contributed by atoms with van der Waals surface area (Å²) in [4.78, 5) is 24.9. The van der Waals surface area contributed by atoms with Gasteiger partial charge >= 0.3 is 0 Å². The molecule has 30 heavy (non-hydrogen) atoms. The minimum absolute atomic E-state index is 0.0227. The second-order valence-corrected chi connectivity index (χ2v) is 8.98. The van der Waals surface area contributed by atoms with E-state index in [2.05, 4.69) is 39.2 Å². The number of carbonyl (C=O) groups is 1. The van der Waals surface area contributed by atoms with E-state index in [1.807, 2.05) is 38.4 Å². The van der Waals surface area contributed by atoms with Gasteiger partial charge in [-0.15, -0.1) is 11.3 Å². The van der Waals surface area contributed by atoms with Gasteiger partial charge in [0, 0.05) is 60.3 Å². The number of hydrogen-bond acceptors (Lipinski definition) is 6. The van der Waals surface area contributed by atoms with E-state index in [1.165, 1.54) is 0 Å². The van der Waals surface area contributed by atoms with E-state index in [0.717, 1.165) is 58.0 Å². The quantitative estimate of drug-likeness (QED) is 0.649. The SMILES string of the molecule is CCc1ncc(CN2CCOC(c3c(C(=O)NC(C)C)sc4ccccc34)C2)cn1. The first-order valence-electron chi connectivity index (χ1n) is 10.5. The first-order chi connectivity index (χ1) is 14.5. The number of thiophene rings is 1. The summed E-state index contributed by atoms with van der Waals surface area (Å²) >= 11 is 1.55. The number of carbonyl (C=O) groups excluding carboxylic acids is 1. The molecular weight excluding hydrogens is 396 g/mol. The van der Waals surface area contributed by atoms with E-state index in [0.29, 0.717) is 6.61 Å². The van der Waals surface area contributed by atoms with Crippen LogP contribution >= 0.6 is 11.3 Å². The number of rotatable bonds is 6. The molecule has 6 nitrogen and oxygen atoms in total. The Morgan fingerprint density at radius 3 is 2.80 bits per heavy atom. The maximum absolute atomic E-state index is 12.9. The van der Waals surface area contributed by atoms with Crippen LogP contribution in [0.15, 0.2) is 36.7 Å². The molecule has 1 atom stereocenters. The Morgan fingerprint density at radius 2 is 2.07 bits per heavy atom. The van der Waals surface area contributed by atoms with Gasteiger partial charge in [-0.2, -0.15) is 0 Å². The molecular formula is C23H28N4O2S. The summed E-state index contributed by atoms with van der Waals surface area (Å²) < 4.78 is 7.30. The number of fused-ring (bicyclic) bond motifs is 1. The van der Waals surface area contributed by atoms with Gasteiger partial charge in [0.05, 0.1) is 17.6 Å². The van der Waals surface area contributed by atoms with E-state index in [1.54, 1.807) is 11.3 Å². The summed E-state index contributed by atoms with van der Waals surface area (Å²) in [7, 11) is 0. The van der Waals surface area contributed by atoms with Crippen LogP contribution in [-0.2, 0) is 17.7 Å². The van der Waals surface area contributed by atoms with Crippen molar-refractivity contribution in [2.45, 2.75) is 45.9 Å². The van der Waals surface area contributed by atoms with Crippen molar-refractivity contribution in [3.8, 4) is 0 Å². The zero-order chi connectivity index (χ0) is 21.1. The van der Waals surface area contributed by atoms with Gasteiger partial charge in [0.2, 0.25) is 0 Å². The Bertz CT molecular complexity index is 1020. The molecule has 1 aliphatic rings. The van der Waals surface area contributed by atoms with Crippen molar-refractivity contribution in [3.05, 3.63) is 58.5 Å². The lowest BCUT2D eigenvalue weighted by molar-refractivity contribution is -0.0323. The van der Waals surface area contributed by atoms with Gasteiger partial charge in [-0.3, -0.25) is 9.69 Å². The maximum atomic E-state index is 12.9. The summed E-state index contributed by atoms with van der Waals surface area (Å²) in [5.41, 5.74) is 2.11. The molecule has 7 heteroatoms. The van der Waals surface area contributed by atoms with Crippen LogP contribution in [-0.4, -0.2) is 46.5 Å². The van der Waals surface area contributed by atoms with Crippen LogP contribution in [0.5, 0.6) is 0 Å². The van der Waals surface area contributed by atoms with Crippen LogP contribution in [0.25, 0.3) is 10.1 Å². The fourth-order valence-corrected chi connectivity index (χ4v) is 4.96. The van der Waals surface area contributed by atoms with Gasteiger partial charge in [-0.1, -0.05) is 25.1 Å². The summed E-state index contributed by atoms with van der Waals surface area (Å²) in [6.45, 7) is 9.01. The molecule has 2 aromatic heterocycles. The molecule has 3 aromatic rings. The summed E-state index contributed by atoms with van der Waals surface area (Å²) in [5, 5.41) is 4.16. The molecule has 1 fully saturated rings. The van der Waals surface area contributed by atoms with Crippen LogP contribution < -0.4 is 5.32 Å². The minimum atomic E-state index is -0.140. The number of aryl methyl sites for hydroxylation is 1. The highest BCUT2D eigenvalue weighted by atomic mass is 32.1. The molecule has 0 saturated carbocycles. The second kappa shape index (κ2) is 9.20. The van der Waals surface area contributed by atoms with Crippen molar-refractivity contribution in [2.75, 3.05) is 19.7 Å². The van der Waals surface area contributed by atoms with Gasteiger partial charge < -0.3 is 10.1 Å². The van der Waals surface area contributed by atoms with Crippen molar-refractivity contribution in [1.82, 2.24) is 20.2 Å². The van der Waals surface area contributed by atoms with Crippen LogP contribution in [0.2, 0.25) is 0 Å². The fraction of sp³-hybridized carbons (Fsp3) is 0.435. The molecule has 1 saturated heterocycles. The molecule has 1 unspecified atom stereocenters. The lowest BCUT2D eigenvalue weighted by Crippen LogP contribution is -2.38. The van der Waals surface area contributed by atoms with E-state index in [9.17, 15) is 4.79 Å². The van der Waals surface area contributed by atoms with E-state index < -0.39 is 0 Å². The molecule has 1 aliphatic heterocycles.